The number of carbonyl (C=O) groups is 4. The van der Waals surface area contributed by atoms with Gasteiger partial charge in [0.15, 0.2) is 29.4 Å². The Bertz CT molecular complexity index is 6850. The maximum Gasteiger partial charge on any atom is 0.259 e. The van der Waals surface area contributed by atoms with E-state index in [0.29, 0.717) is 165 Å². The van der Waals surface area contributed by atoms with E-state index in [0.717, 1.165) is 22.0 Å². The average molecular weight is 1850 g/mol. The van der Waals surface area contributed by atoms with E-state index in [2.05, 4.69) is 46.0 Å². The summed E-state index contributed by atoms with van der Waals surface area (Å²) >= 11 is 25.3. The van der Waals surface area contributed by atoms with Gasteiger partial charge in [-0.1, -0.05) is 76.7 Å². The van der Waals surface area contributed by atoms with Crippen molar-refractivity contribution in [2.75, 3.05) is 121 Å². The van der Waals surface area contributed by atoms with E-state index in [1.807, 2.05) is 49.4 Å². The molecule has 6 N–H and O–H groups in total. The van der Waals surface area contributed by atoms with Crippen molar-refractivity contribution >= 4 is 189 Å². The lowest BCUT2D eigenvalue weighted by atomic mass is 10.1. The van der Waals surface area contributed by atoms with E-state index >= 15 is 0 Å². The number of halogens is 4. The van der Waals surface area contributed by atoms with Crippen LogP contribution in [-0.4, -0.2) is 154 Å². The Morgan fingerprint density at radius 2 is 0.786 bits per heavy atom. The molecule has 13 aromatic rings. The zero-order valence-corrected chi connectivity index (χ0v) is 72.7. The predicted molar refractivity (Wildman–Crippen MR) is 490 cm³/mol. The molecule has 3 aromatic heterocycles. The van der Waals surface area contributed by atoms with Crippen LogP contribution in [0.2, 0.25) is 20.1 Å². The molecule has 30 nitrogen and oxygen atoms in total. The molecule has 38 heteroatoms. The first kappa shape index (κ1) is 89.5. The lowest BCUT2D eigenvalue weighted by Crippen LogP contribution is -2.41. The minimum atomic E-state index is -3.52. The van der Waals surface area contributed by atoms with Crippen LogP contribution in [0.4, 0.5) is 56.9 Å². The number of nitrogen functional groups attached to an aromatic ring is 1. The number of para-hydroxylation sites is 2. The highest BCUT2D eigenvalue weighted by Gasteiger charge is 2.32. The number of hydrogen-bond acceptors (Lipinski definition) is 21. The maximum atomic E-state index is 12.8. The van der Waals surface area contributed by atoms with Gasteiger partial charge in [-0.3, -0.25) is 51.4 Å². The van der Waals surface area contributed by atoms with Crippen LogP contribution < -0.4 is 44.2 Å². The van der Waals surface area contributed by atoms with Gasteiger partial charge in [0, 0.05) is 90.5 Å². The summed E-state index contributed by atoms with van der Waals surface area (Å²) < 4.78 is 122. The first-order chi connectivity index (χ1) is 60.5. The van der Waals surface area contributed by atoms with Crippen LogP contribution in [0.25, 0.3) is 60.4 Å². The van der Waals surface area contributed by atoms with E-state index in [1.54, 1.807) is 200 Å². The molecule has 0 aliphatic carbocycles. The van der Waals surface area contributed by atoms with Crippen molar-refractivity contribution in [3.63, 3.8) is 0 Å². The van der Waals surface area contributed by atoms with Crippen molar-refractivity contribution in [2.45, 2.75) is 6.92 Å². The monoisotopic (exact) mass is 1850 g/mol. The minimum absolute atomic E-state index is 0.226. The summed E-state index contributed by atoms with van der Waals surface area (Å²) in [6, 6.07) is 64.2. The van der Waals surface area contributed by atoms with E-state index in [9.17, 15) is 52.8 Å². The third-order valence-electron chi connectivity index (χ3n) is 19.7. The lowest BCUT2D eigenvalue weighted by Gasteiger charge is -2.28. The zero-order valence-electron chi connectivity index (χ0n) is 66.4. The number of amides is 4. The molecule has 4 saturated heterocycles. The van der Waals surface area contributed by atoms with E-state index in [-0.39, 0.29) is 73.6 Å². The molecule has 0 atom stereocenters. The molecule has 0 saturated carbocycles. The fourth-order valence-electron chi connectivity index (χ4n) is 13.4. The highest BCUT2D eigenvalue weighted by Crippen LogP contribution is 2.38. The topological polar surface area (TPSA) is 385 Å². The number of benzene rings is 10. The quantitative estimate of drug-likeness (QED) is 0.0470. The highest BCUT2D eigenvalue weighted by molar-refractivity contribution is 7.93. The molecular formula is C88H74Cl4N14O16S4. The molecule has 644 valence electrons. The summed E-state index contributed by atoms with van der Waals surface area (Å²) in [7, 11) is -14.1. The normalized spacial score (nSPS) is 15.4. The number of sulfonamides is 4. The summed E-state index contributed by atoms with van der Waals surface area (Å²) in [5.41, 5.74) is 19.0. The molecule has 126 heavy (non-hydrogen) atoms. The van der Waals surface area contributed by atoms with Gasteiger partial charge >= 0.3 is 0 Å². The number of anilines is 9. The second kappa shape index (κ2) is 39.2. The van der Waals surface area contributed by atoms with Crippen LogP contribution in [-0.2, 0) is 59.0 Å². The average Bonchev–Trinajstić information content (AvgIpc) is 0.840. The number of fused-ring (bicyclic) bond motifs is 2. The molecule has 0 unspecified atom stereocenters. The summed E-state index contributed by atoms with van der Waals surface area (Å²) in [4.78, 5) is 72.0. The maximum absolute atomic E-state index is 12.8. The number of hydrogen-bond donors (Lipinski definition) is 5. The van der Waals surface area contributed by atoms with E-state index in [4.69, 9.17) is 77.7 Å². The SMILES string of the molecule is Cc1ccc(-c2cc(NC(=O)c3ccc(N4CCOCS4(=O)=O)cc3)ccc2Cl)nc1.Nc1cccc2c(NC(=O)c3ccc(N4CCOCS4(=O)=O)cc3)ccc(Cl)c12.O=C(Nc1ccc(Cl)c(-c2cnc3ccccc3n2)c1)c1ccc(N2CCOCS2(=O)=O)cc1.[C-]#[N+]c1ccnc(-c2cc(NC(=O)c3ccc(N4CCOCS4(=O)=O)cc3)ccc2Cl)c1. The highest BCUT2D eigenvalue weighted by atomic mass is 35.5. The minimum Gasteiger partial charge on any atom is -0.398 e. The van der Waals surface area contributed by atoms with Gasteiger partial charge in [0.05, 0.1) is 136 Å². The van der Waals surface area contributed by atoms with E-state index in [1.165, 1.54) is 23.4 Å². The van der Waals surface area contributed by atoms with Gasteiger partial charge in [-0.05, 0) is 213 Å². The van der Waals surface area contributed by atoms with Crippen molar-refractivity contribution in [3.05, 3.63) is 308 Å². The number of nitrogens with zero attached hydrogens (tertiary/aromatic N) is 9. The molecule has 0 radical (unpaired) electrons. The Hall–Kier alpha value is -12.7. The Balaban J connectivity index is 0.000000137. The number of aromatic nitrogens is 4. The predicted octanol–water partition coefficient (Wildman–Crippen LogP) is 16.2. The fraction of sp³-hybridized carbons (Fsp3) is 0.148. The van der Waals surface area contributed by atoms with Gasteiger partial charge in [-0.25, -0.2) is 43.5 Å². The van der Waals surface area contributed by atoms with Crippen LogP contribution in [0.15, 0.2) is 249 Å². The summed E-state index contributed by atoms with van der Waals surface area (Å²) in [5.74, 6) is -2.75. The number of nitrogens with two attached hydrogens (primary N) is 1. The standard InChI is InChI=1S/C24H19ClN4O4S.C22H17ClN4O4S.C22H20ClN3O4S.C20H18ClN3O4S/c25-20-10-7-17(13-19(20)23-14-26-21-3-1-2-4-22(21)28-23)27-24(30)16-5-8-18(9-6-16)29-11-12-33-15-34(29,31)32;1-24-16-8-9-25-21(13-16)19-12-17(4-7-20(19)23)26-22(28)15-2-5-18(6-3-15)27-10-11-31-14-32(27,29)30;1-15-2-9-21(24-13-15)19-12-17(5-8-20(19)23)25-22(27)16-3-6-18(7-4-16)26-10-11-30-14-31(26,28)29;21-16-8-9-18(15-2-1-3-17(22)19(15)16)23-20(25)13-4-6-14(7-5-13)24-10-11-28-12-29(24,26)27/h1-10,13-14H,11-12,15H2,(H,27,30);2-9,12-13H,10-11,14H2,(H,26,28);2-9,12-13H,10-11,14H2,1H3,(H,25,27);1-9H,10-12,22H2,(H,23,25). The molecule has 7 heterocycles. The number of carbonyl (C=O) groups excluding carboxylic acids is 4. The van der Waals surface area contributed by atoms with Crippen LogP contribution in [0, 0.1) is 13.5 Å². The summed E-state index contributed by atoms with van der Waals surface area (Å²) in [6.07, 6.45) is 4.93. The molecule has 17 rings (SSSR count). The van der Waals surface area contributed by atoms with Gasteiger partial charge in [0.2, 0.25) is 0 Å². The third-order valence-corrected chi connectivity index (χ3v) is 27.1. The molecule has 0 bridgehead atoms. The Kier molecular flexibility index (Phi) is 27.9. The smallest absolute Gasteiger partial charge is 0.259 e. The van der Waals surface area contributed by atoms with Crippen LogP contribution in [0.3, 0.4) is 0 Å². The second-order valence-electron chi connectivity index (χ2n) is 28.3. The Morgan fingerprint density at radius 3 is 1.18 bits per heavy atom. The van der Waals surface area contributed by atoms with Gasteiger partial charge < -0.3 is 45.9 Å². The Morgan fingerprint density at radius 1 is 0.397 bits per heavy atom. The van der Waals surface area contributed by atoms with Crippen LogP contribution in [0.5, 0.6) is 0 Å². The molecule has 4 fully saturated rings. The summed E-state index contributed by atoms with van der Waals surface area (Å²) in [5, 5.41) is 14.7. The molecular weight excluding hydrogens is 1780 g/mol. The van der Waals surface area contributed by atoms with Gasteiger partial charge in [0.1, 0.15) is 0 Å². The molecule has 4 aliphatic heterocycles. The van der Waals surface area contributed by atoms with Crippen molar-refractivity contribution in [1.82, 2.24) is 19.9 Å². The van der Waals surface area contributed by atoms with E-state index < -0.39 is 40.1 Å². The number of rotatable bonds is 15. The fourth-order valence-corrected chi connectivity index (χ4v) is 19.3. The Labute approximate surface area is 744 Å². The van der Waals surface area contributed by atoms with Gasteiger partial charge in [-0.15, -0.1) is 0 Å². The van der Waals surface area contributed by atoms with Gasteiger partial charge in [0.25, 0.3) is 63.7 Å². The molecule has 0 spiro atoms. The largest absolute Gasteiger partial charge is 0.398 e. The number of ether oxygens (including phenoxy) is 4. The van der Waals surface area contributed by atoms with Crippen molar-refractivity contribution < 1.29 is 71.8 Å². The third kappa shape index (κ3) is 21.4. The lowest BCUT2D eigenvalue weighted by molar-refractivity contribution is 0.101. The van der Waals surface area contributed by atoms with Crippen LogP contribution >= 0.6 is 46.4 Å². The first-order valence-electron chi connectivity index (χ1n) is 38.3. The number of pyridine rings is 2. The number of aryl methyl sites for hydroxylation is 1. The van der Waals surface area contributed by atoms with Crippen molar-refractivity contribution in [2.24, 2.45) is 0 Å². The molecule has 4 amide bonds. The van der Waals surface area contributed by atoms with Crippen LogP contribution in [0.1, 0.15) is 47.0 Å². The number of nitrogens with one attached hydrogen (secondary N) is 4. The first-order valence-corrected chi connectivity index (χ1v) is 46.3. The molecule has 10 aromatic carbocycles. The van der Waals surface area contributed by atoms with Crippen molar-refractivity contribution in [3.8, 4) is 33.8 Å². The summed E-state index contributed by atoms with van der Waals surface area (Å²) in [6.45, 7) is 11.3. The zero-order chi connectivity index (χ0) is 89.0. The van der Waals surface area contributed by atoms with Gasteiger partial charge in [-0.2, -0.15) is 0 Å². The molecule has 4 aliphatic rings. The van der Waals surface area contributed by atoms with Crippen molar-refractivity contribution in [1.29, 1.82) is 0 Å². The second-order valence-corrected chi connectivity index (χ2v) is 37.3.